The number of nitrogens with zero attached hydrogens (tertiary/aromatic N) is 1. The van der Waals surface area contributed by atoms with Gasteiger partial charge in [0.2, 0.25) is 0 Å². The summed E-state index contributed by atoms with van der Waals surface area (Å²) in [4.78, 5) is 21.1. The summed E-state index contributed by atoms with van der Waals surface area (Å²) < 4.78 is 0. The molecule has 0 spiro atoms. The second-order valence-electron chi connectivity index (χ2n) is 6.66. The molecular formula is C22H21N3OS. The molecule has 0 aliphatic heterocycles. The highest BCUT2D eigenvalue weighted by Gasteiger charge is 2.16. The Bertz CT molecular complexity index is 1090. The molecular weight excluding hydrogens is 354 g/mol. The van der Waals surface area contributed by atoms with Crippen LogP contribution < -0.4 is 5.32 Å². The van der Waals surface area contributed by atoms with Crippen LogP contribution in [0.25, 0.3) is 21.5 Å². The summed E-state index contributed by atoms with van der Waals surface area (Å²) in [7, 11) is 0. The number of nitrogens with one attached hydrogen (secondary N) is 2. The zero-order chi connectivity index (χ0) is 18.8. The predicted molar refractivity (Wildman–Crippen MR) is 111 cm³/mol. The highest BCUT2D eigenvalue weighted by atomic mass is 32.1. The molecule has 1 amide bonds. The summed E-state index contributed by atoms with van der Waals surface area (Å²) in [6.07, 6.45) is 2.81. The molecule has 0 radical (unpaired) electrons. The molecule has 4 nitrogen and oxygen atoms in total. The van der Waals surface area contributed by atoms with Crippen LogP contribution in [-0.4, -0.2) is 22.4 Å². The molecule has 4 rings (SSSR count). The molecule has 0 atom stereocenters. The maximum absolute atomic E-state index is 12.6. The highest BCUT2D eigenvalue weighted by Crippen LogP contribution is 2.28. The number of H-pyrrole nitrogens is 1. The van der Waals surface area contributed by atoms with Gasteiger partial charge in [0, 0.05) is 29.2 Å². The van der Waals surface area contributed by atoms with E-state index in [4.69, 9.17) is 0 Å². The van der Waals surface area contributed by atoms with Crippen molar-refractivity contribution < 1.29 is 4.79 Å². The Morgan fingerprint density at radius 3 is 2.70 bits per heavy atom. The zero-order valence-corrected chi connectivity index (χ0v) is 16.2. The molecule has 0 unspecified atom stereocenters. The second-order valence-corrected chi connectivity index (χ2v) is 7.66. The number of para-hydroxylation sites is 1. The Balaban J connectivity index is 1.43. The lowest BCUT2D eigenvalue weighted by molar-refractivity contribution is 0.0957. The Morgan fingerprint density at radius 1 is 1.11 bits per heavy atom. The standard InChI is InChI=1S/C22H21N3OS/c1-14-7-9-16(10-8-14)22-25-15(2)20(27-22)21(26)23-12-11-17-13-24-19-6-4-3-5-18(17)19/h3-10,13,24H,11-12H2,1-2H3,(H,23,26). The zero-order valence-electron chi connectivity index (χ0n) is 15.4. The van der Waals surface area contributed by atoms with Gasteiger partial charge in [-0.3, -0.25) is 4.79 Å². The van der Waals surface area contributed by atoms with Crippen LogP contribution in [0.4, 0.5) is 0 Å². The SMILES string of the molecule is Cc1ccc(-c2nc(C)c(C(=O)NCCc3c[nH]c4ccccc34)s2)cc1. The number of carbonyl (C=O) groups excluding carboxylic acids is 1. The number of rotatable bonds is 5. The lowest BCUT2D eigenvalue weighted by Gasteiger charge is -2.03. The lowest BCUT2D eigenvalue weighted by atomic mass is 10.1. The first-order chi connectivity index (χ1) is 13.1. The predicted octanol–water partition coefficient (Wildman–Crippen LogP) is 4.88. The first-order valence-corrected chi connectivity index (χ1v) is 9.81. The molecule has 0 saturated heterocycles. The summed E-state index contributed by atoms with van der Waals surface area (Å²) in [6.45, 7) is 4.55. The number of carbonyl (C=O) groups is 1. The average Bonchev–Trinajstić information content (AvgIpc) is 3.26. The molecule has 136 valence electrons. The van der Waals surface area contributed by atoms with Gasteiger partial charge in [-0.25, -0.2) is 4.98 Å². The summed E-state index contributed by atoms with van der Waals surface area (Å²) >= 11 is 1.45. The fourth-order valence-electron chi connectivity index (χ4n) is 3.16. The minimum Gasteiger partial charge on any atom is -0.361 e. The number of thiazole rings is 1. The molecule has 0 fully saturated rings. The Labute approximate surface area is 162 Å². The van der Waals surface area contributed by atoms with Gasteiger partial charge in [0.1, 0.15) is 9.88 Å². The summed E-state index contributed by atoms with van der Waals surface area (Å²) in [5.41, 5.74) is 5.38. The van der Waals surface area contributed by atoms with Gasteiger partial charge in [-0.05, 0) is 31.9 Å². The van der Waals surface area contributed by atoms with E-state index in [0.717, 1.165) is 28.2 Å². The molecule has 5 heteroatoms. The van der Waals surface area contributed by atoms with Crippen molar-refractivity contribution in [1.82, 2.24) is 15.3 Å². The number of hydrogen-bond acceptors (Lipinski definition) is 3. The van der Waals surface area contributed by atoms with Gasteiger partial charge in [0.05, 0.1) is 5.69 Å². The third-order valence-electron chi connectivity index (χ3n) is 4.66. The lowest BCUT2D eigenvalue weighted by Crippen LogP contribution is -2.25. The van der Waals surface area contributed by atoms with Crippen LogP contribution >= 0.6 is 11.3 Å². The maximum atomic E-state index is 12.6. The number of aromatic amines is 1. The van der Waals surface area contributed by atoms with E-state index in [1.807, 2.05) is 37.4 Å². The molecule has 2 heterocycles. The molecule has 2 N–H and O–H groups in total. The molecule has 0 aliphatic carbocycles. The van der Waals surface area contributed by atoms with Crippen molar-refractivity contribution in [1.29, 1.82) is 0 Å². The molecule has 0 aliphatic rings. The highest BCUT2D eigenvalue weighted by molar-refractivity contribution is 7.17. The topological polar surface area (TPSA) is 57.8 Å². The van der Waals surface area contributed by atoms with Crippen LogP contribution in [0.2, 0.25) is 0 Å². The van der Waals surface area contributed by atoms with E-state index in [9.17, 15) is 4.79 Å². The number of fused-ring (bicyclic) bond motifs is 1. The minimum absolute atomic E-state index is 0.0526. The van der Waals surface area contributed by atoms with Crippen molar-refractivity contribution in [3.8, 4) is 10.6 Å². The summed E-state index contributed by atoms with van der Waals surface area (Å²) in [6, 6.07) is 16.4. The van der Waals surface area contributed by atoms with Gasteiger partial charge >= 0.3 is 0 Å². The van der Waals surface area contributed by atoms with Crippen LogP contribution in [-0.2, 0) is 6.42 Å². The Morgan fingerprint density at radius 2 is 1.89 bits per heavy atom. The van der Waals surface area contributed by atoms with E-state index in [0.29, 0.717) is 11.4 Å². The third kappa shape index (κ3) is 3.64. The van der Waals surface area contributed by atoms with Crippen molar-refractivity contribution in [2.24, 2.45) is 0 Å². The normalized spacial score (nSPS) is 11.0. The van der Waals surface area contributed by atoms with E-state index < -0.39 is 0 Å². The van der Waals surface area contributed by atoms with Crippen LogP contribution in [0.15, 0.2) is 54.7 Å². The molecule has 4 aromatic rings. The van der Waals surface area contributed by atoms with Gasteiger partial charge in [0.15, 0.2) is 0 Å². The van der Waals surface area contributed by atoms with Gasteiger partial charge in [-0.1, -0.05) is 48.0 Å². The fraction of sp³-hybridized carbons (Fsp3) is 0.182. The number of benzene rings is 2. The molecule has 0 saturated carbocycles. The number of aryl methyl sites for hydroxylation is 2. The van der Waals surface area contributed by atoms with Crippen molar-refractivity contribution in [2.75, 3.05) is 6.54 Å². The van der Waals surface area contributed by atoms with Crippen molar-refractivity contribution in [3.05, 3.63) is 76.4 Å². The second kappa shape index (κ2) is 7.37. The summed E-state index contributed by atoms with van der Waals surface area (Å²) in [5, 5.41) is 5.13. The minimum atomic E-state index is -0.0526. The van der Waals surface area contributed by atoms with E-state index in [-0.39, 0.29) is 5.91 Å². The number of amides is 1. The van der Waals surface area contributed by atoms with E-state index in [1.54, 1.807) is 0 Å². The molecule has 2 aromatic carbocycles. The molecule has 2 aromatic heterocycles. The van der Waals surface area contributed by atoms with Crippen LogP contribution in [0.1, 0.15) is 26.5 Å². The first kappa shape index (κ1) is 17.5. The molecule has 27 heavy (non-hydrogen) atoms. The van der Waals surface area contributed by atoms with Crippen molar-refractivity contribution in [2.45, 2.75) is 20.3 Å². The summed E-state index contributed by atoms with van der Waals surface area (Å²) in [5.74, 6) is -0.0526. The van der Waals surface area contributed by atoms with Gasteiger partial charge < -0.3 is 10.3 Å². The van der Waals surface area contributed by atoms with Crippen LogP contribution in [0, 0.1) is 13.8 Å². The van der Waals surface area contributed by atoms with Crippen molar-refractivity contribution in [3.63, 3.8) is 0 Å². The van der Waals surface area contributed by atoms with Crippen molar-refractivity contribution >= 4 is 28.1 Å². The third-order valence-corrected chi connectivity index (χ3v) is 5.86. The number of hydrogen-bond donors (Lipinski definition) is 2. The fourth-order valence-corrected chi connectivity index (χ4v) is 4.14. The first-order valence-electron chi connectivity index (χ1n) is 8.99. The largest absolute Gasteiger partial charge is 0.361 e. The van der Waals surface area contributed by atoms with Gasteiger partial charge in [0.25, 0.3) is 5.91 Å². The molecule has 0 bridgehead atoms. The van der Waals surface area contributed by atoms with E-state index in [1.165, 1.54) is 27.8 Å². The van der Waals surface area contributed by atoms with E-state index >= 15 is 0 Å². The Kier molecular flexibility index (Phi) is 4.77. The smallest absolute Gasteiger partial charge is 0.263 e. The van der Waals surface area contributed by atoms with Gasteiger partial charge in [-0.15, -0.1) is 11.3 Å². The van der Waals surface area contributed by atoms with Crippen LogP contribution in [0.5, 0.6) is 0 Å². The quantitative estimate of drug-likeness (QED) is 0.522. The van der Waals surface area contributed by atoms with Crippen LogP contribution in [0.3, 0.4) is 0 Å². The number of aromatic nitrogens is 2. The van der Waals surface area contributed by atoms with E-state index in [2.05, 4.69) is 46.5 Å². The Hall–Kier alpha value is -2.92. The monoisotopic (exact) mass is 375 g/mol. The maximum Gasteiger partial charge on any atom is 0.263 e. The van der Waals surface area contributed by atoms with Gasteiger partial charge in [-0.2, -0.15) is 0 Å². The average molecular weight is 375 g/mol.